The van der Waals surface area contributed by atoms with Crippen molar-refractivity contribution >= 4 is 27.9 Å². The summed E-state index contributed by atoms with van der Waals surface area (Å²) in [5.74, 6) is 0. The van der Waals surface area contributed by atoms with E-state index < -0.39 is 0 Å². The Morgan fingerprint density at radius 2 is 1.80 bits per heavy atom. The van der Waals surface area contributed by atoms with Crippen LogP contribution in [-0.4, -0.2) is 43.4 Å². The summed E-state index contributed by atoms with van der Waals surface area (Å²) in [6.07, 6.45) is 6.50. The number of nitrogens with zero attached hydrogens (tertiary/aromatic N) is 2. The van der Waals surface area contributed by atoms with Crippen LogP contribution in [0.2, 0.25) is 0 Å². The summed E-state index contributed by atoms with van der Waals surface area (Å²) < 4.78 is 1.04. The molecule has 3 rings (SSSR count). The first-order chi connectivity index (χ1) is 9.78. The number of hydrogen-bond acceptors (Lipinski definition) is 3. The summed E-state index contributed by atoms with van der Waals surface area (Å²) in [5, 5.41) is 0. The maximum absolute atomic E-state index is 11.2. The second-order valence-corrected chi connectivity index (χ2v) is 6.70. The van der Waals surface area contributed by atoms with Gasteiger partial charge in [0, 0.05) is 47.9 Å². The number of anilines is 1. The molecule has 2 fully saturated rings. The van der Waals surface area contributed by atoms with Crippen LogP contribution in [0.3, 0.4) is 0 Å². The van der Waals surface area contributed by atoms with E-state index in [0.717, 1.165) is 54.2 Å². The molecule has 1 heterocycles. The molecule has 108 valence electrons. The highest BCUT2D eigenvalue weighted by atomic mass is 79.9. The molecule has 0 radical (unpaired) electrons. The predicted octanol–water partition coefficient (Wildman–Crippen LogP) is 3.33. The topological polar surface area (TPSA) is 23.6 Å². The molecule has 3 nitrogen and oxygen atoms in total. The van der Waals surface area contributed by atoms with Gasteiger partial charge in [-0.3, -0.25) is 9.69 Å². The van der Waals surface area contributed by atoms with Crippen molar-refractivity contribution in [2.75, 3.05) is 31.1 Å². The Bertz CT molecular complexity index is 477. The molecular formula is C16H21BrN2O. The Hall–Kier alpha value is -0.870. The minimum absolute atomic E-state index is 0.794. The van der Waals surface area contributed by atoms with Crippen LogP contribution in [0.15, 0.2) is 22.7 Å². The highest BCUT2D eigenvalue weighted by molar-refractivity contribution is 9.10. The monoisotopic (exact) mass is 336 g/mol. The van der Waals surface area contributed by atoms with Crippen LogP contribution in [0.25, 0.3) is 0 Å². The fourth-order valence-corrected chi connectivity index (χ4v) is 3.84. The van der Waals surface area contributed by atoms with Gasteiger partial charge in [-0.05, 0) is 31.0 Å². The van der Waals surface area contributed by atoms with Crippen molar-refractivity contribution < 1.29 is 4.79 Å². The van der Waals surface area contributed by atoms with Gasteiger partial charge in [0.2, 0.25) is 0 Å². The standard InChI is InChI=1S/C16H21BrN2O/c17-14-6-5-13(12-20)16(11-14)19-9-7-18(8-10-19)15-3-1-2-4-15/h5-6,11-12,15H,1-4,7-10H2. The molecule has 1 saturated carbocycles. The second-order valence-electron chi connectivity index (χ2n) is 5.78. The van der Waals surface area contributed by atoms with Gasteiger partial charge in [0.1, 0.15) is 0 Å². The lowest BCUT2D eigenvalue weighted by Gasteiger charge is -2.39. The van der Waals surface area contributed by atoms with E-state index in [1.54, 1.807) is 0 Å². The van der Waals surface area contributed by atoms with Gasteiger partial charge in [-0.25, -0.2) is 0 Å². The molecule has 1 saturated heterocycles. The molecule has 0 atom stereocenters. The molecule has 0 aromatic heterocycles. The van der Waals surface area contributed by atoms with E-state index in [4.69, 9.17) is 0 Å². The third-order valence-electron chi connectivity index (χ3n) is 4.62. The number of rotatable bonds is 3. The zero-order valence-electron chi connectivity index (χ0n) is 11.7. The lowest BCUT2D eigenvalue weighted by atomic mass is 10.1. The smallest absolute Gasteiger partial charge is 0.152 e. The van der Waals surface area contributed by atoms with E-state index in [1.807, 2.05) is 12.1 Å². The van der Waals surface area contributed by atoms with Crippen molar-refractivity contribution in [2.24, 2.45) is 0 Å². The second kappa shape index (κ2) is 6.27. The maximum Gasteiger partial charge on any atom is 0.152 e. The number of benzene rings is 1. The van der Waals surface area contributed by atoms with E-state index in [2.05, 4.69) is 31.8 Å². The summed E-state index contributed by atoms with van der Waals surface area (Å²) in [6.45, 7) is 4.28. The predicted molar refractivity (Wildman–Crippen MR) is 85.6 cm³/mol. The fraction of sp³-hybridized carbons (Fsp3) is 0.562. The van der Waals surface area contributed by atoms with E-state index in [1.165, 1.54) is 25.7 Å². The molecule has 2 aliphatic rings. The average Bonchev–Trinajstić information content (AvgIpc) is 3.02. The van der Waals surface area contributed by atoms with Gasteiger partial charge in [0.25, 0.3) is 0 Å². The number of halogens is 1. The molecule has 0 unspecified atom stereocenters. The third-order valence-corrected chi connectivity index (χ3v) is 5.11. The van der Waals surface area contributed by atoms with E-state index in [0.29, 0.717) is 0 Å². The Morgan fingerprint density at radius 3 is 2.45 bits per heavy atom. The fourth-order valence-electron chi connectivity index (χ4n) is 3.49. The largest absolute Gasteiger partial charge is 0.368 e. The molecule has 0 N–H and O–H groups in total. The number of aldehydes is 1. The number of carbonyl (C=O) groups is 1. The number of hydrogen-bond donors (Lipinski definition) is 0. The average molecular weight is 337 g/mol. The van der Waals surface area contributed by atoms with Gasteiger partial charge in [-0.15, -0.1) is 0 Å². The SMILES string of the molecule is O=Cc1ccc(Br)cc1N1CCN(C2CCCC2)CC1. The molecule has 1 aliphatic carbocycles. The molecular weight excluding hydrogens is 316 g/mol. The van der Waals surface area contributed by atoms with Gasteiger partial charge in [0.05, 0.1) is 0 Å². The molecule has 4 heteroatoms. The molecule has 0 bridgehead atoms. The van der Waals surface area contributed by atoms with Crippen molar-refractivity contribution in [2.45, 2.75) is 31.7 Å². The Labute approximate surface area is 129 Å². The number of piperazine rings is 1. The molecule has 1 aromatic carbocycles. The molecule has 0 spiro atoms. The minimum atomic E-state index is 0.794. The van der Waals surface area contributed by atoms with Crippen molar-refractivity contribution in [1.29, 1.82) is 0 Å². The minimum Gasteiger partial charge on any atom is -0.368 e. The summed E-state index contributed by atoms with van der Waals surface area (Å²) >= 11 is 3.50. The van der Waals surface area contributed by atoms with Crippen molar-refractivity contribution in [3.8, 4) is 0 Å². The highest BCUT2D eigenvalue weighted by Gasteiger charge is 2.26. The van der Waals surface area contributed by atoms with Crippen molar-refractivity contribution in [1.82, 2.24) is 4.90 Å². The van der Waals surface area contributed by atoms with Crippen LogP contribution in [0.4, 0.5) is 5.69 Å². The third kappa shape index (κ3) is 2.91. The van der Waals surface area contributed by atoms with Gasteiger partial charge in [0.15, 0.2) is 6.29 Å². The van der Waals surface area contributed by atoms with Crippen LogP contribution in [0.1, 0.15) is 36.0 Å². The lowest BCUT2D eigenvalue weighted by molar-refractivity contribution is 0.112. The van der Waals surface area contributed by atoms with Crippen molar-refractivity contribution in [3.63, 3.8) is 0 Å². The first-order valence-corrected chi connectivity index (χ1v) is 8.31. The van der Waals surface area contributed by atoms with E-state index in [-0.39, 0.29) is 0 Å². The van der Waals surface area contributed by atoms with Crippen LogP contribution < -0.4 is 4.90 Å². The van der Waals surface area contributed by atoms with Gasteiger partial charge in [-0.1, -0.05) is 28.8 Å². The maximum atomic E-state index is 11.2. The van der Waals surface area contributed by atoms with Gasteiger partial charge < -0.3 is 4.90 Å². The summed E-state index contributed by atoms with van der Waals surface area (Å²) in [7, 11) is 0. The van der Waals surface area contributed by atoms with Crippen LogP contribution in [-0.2, 0) is 0 Å². The molecule has 0 amide bonds. The zero-order valence-corrected chi connectivity index (χ0v) is 13.3. The molecule has 1 aliphatic heterocycles. The first kappa shape index (κ1) is 14.1. The normalized spacial score (nSPS) is 21.4. The van der Waals surface area contributed by atoms with Gasteiger partial charge in [-0.2, -0.15) is 0 Å². The lowest BCUT2D eigenvalue weighted by Crippen LogP contribution is -2.50. The summed E-state index contributed by atoms with van der Waals surface area (Å²) in [6, 6.07) is 6.71. The Morgan fingerprint density at radius 1 is 1.10 bits per heavy atom. The molecule has 20 heavy (non-hydrogen) atoms. The Balaban J connectivity index is 1.68. The number of carbonyl (C=O) groups excluding carboxylic acids is 1. The van der Waals surface area contributed by atoms with E-state index in [9.17, 15) is 4.79 Å². The summed E-state index contributed by atoms with van der Waals surface area (Å²) in [5.41, 5.74) is 1.86. The zero-order chi connectivity index (χ0) is 13.9. The summed E-state index contributed by atoms with van der Waals surface area (Å²) in [4.78, 5) is 16.2. The molecule has 1 aromatic rings. The van der Waals surface area contributed by atoms with E-state index >= 15 is 0 Å². The quantitative estimate of drug-likeness (QED) is 0.791. The van der Waals surface area contributed by atoms with Crippen LogP contribution in [0, 0.1) is 0 Å². The highest BCUT2D eigenvalue weighted by Crippen LogP contribution is 2.28. The van der Waals surface area contributed by atoms with Gasteiger partial charge >= 0.3 is 0 Å². The Kier molecular flexibility index (Phi) is 4.41. The van der Waals surface area contributed by atoms with Crippen LogP contribution >= 0.6 is 15.9 Å². The first-order valence-electron chi connectivity index (χ1n) is 7.51. The van der Waals surface area contributed by atoms with Crippen molar-refractivity contribution in [3.05, 3.63) is 28.2 Å². The van der Waals surface area contributed by atoms with Crippen LogP contribution in [0.5, 0.6) is 0 Å².